The molecular formula is C31H32F3NO5. The molecule has 1 N–H and O–H groups in total. The minimum atomic E-state index is -4.50. The van der Waals surface area contributed by atoms with Crippen molar-refractivity contribution in [2.45, 2.75) is 69.6 Å². The fraction of sp³-hybridized carbons (Fsp3) is 0.419. The minimum Gasteiger partial charge on any atom is -0.493 e. The van der Waals surface area contributed by atoms with Gasteiger partial charge in [0, 0.05) is 29.3 Å². The molecule has 1 saturated carbocycles. The Kier molecular flexibility index (Phi) is 7.66. The Morgan fingerprint density at radius 1 is 0.925 bits per heavy atom. The third kappa shape index (κ3) is 5.33. The van der Waals surface area contributed by atoms with Gasteiger partial charge in [0.25, 0.3) is 0 Å². The van der Waals surface area contributed by atoms with E-state index in [1.54, 1.807) is 27.2 Å². The van der Waals surface area contributed by atoms with Crippen molar-refractivity contribution in [1.29, 1.82) is 0 Å². The molecule has 9 heteroatoms. The number of carbonyl (C=O) groups excluding carboxylic acids is 2. The summed E-state index contributed by atoms with van der Waals surface area (Å²) < 4.78 is 56.6. The van der Waals surface area contributed by atoms with Crippen molar-refractivity contribution in [1.82, 2.24) is 5.32 Å². The van der Waals surface area contributed by atoms with Gasteiger partial charge in [-0.15, -0.1) is 0 Å². The summed E-state index contributed by atoms with van der Waals surface area (Å²) >= 11 is 0. The molecule has 0 bridgehead atoms. The molecule has 1 fully saturated rings. The first kappa shape index (κ1) is 27.8. The summed E-state index contributed by atoms with van der Waals surface area (Å²) in [5, 5.41) is 3.29. The number of hydrogen-bond donors (Lipinski definition) is 1. The van der Waals surface area contributed by atoms with Crippen LogP contribution in [0.25, 0.3) is 0 Å². The zero-order chi connectivity index (χ0) is 28.6. The number of carbonyl (C=O) groups is 2. The van der Waals surface area contributed by atoms with Gasteiger partial charge in [0.1, 0.15) is 6.10 Å². The largest absolute Gasteiger partial charge is 0.493 e. The fourth-order valence-corrected chi connectivity index (χ4v) is 6.07. The first-order valence-electron chi connectivity index (χ1n) is 13.4. The first-order valence-corrected chi connectivity index (χ1v) is 13.4. The predicted octanol–water partition coefficient (Wildman–Crippen LogP) is 6.57. The van der Waals surface area contributed by atoms with Crippen LogP contribution in [-0.4, -0.2) is 32.1 Å². The van der Waals surface area contributed by atoms with Gasteiger partial charge >= 0.3 is 12.1 Å². The third-order valence-electron chi connectivity index (χ3n) is 8.07. The molecular weight excluding hydrogens is 523 g/mol. The molecule has 0 aromatic heterocycles. The van der Waals surface area contributed by atoms with E-state index in [-0.39, 0.29) is 29.8 Å². The lowest BCUT2D eigenvalue weighted by Crippen LogP contribution is -2.36. The van der Waals surface area contributed by atoms with E-state index < -0.39 is 23.6 Å². The Morgan fingerprint density at radius 3 is 2.20 bits per heavy atom. The van der Waals surface area contributed by atoms with Crippen LogP contribution in [0.15, 0.2) is 65.0 Å². The number of hydrogen-bond acceptors (Lipinski definition) is 6. The van der Waals surface area contributed by atoms with Crippen molar-refractivity contribution in [2.24, 2.45) is 0 Å². The highest BCUT2D eigenvalue weighted by Gasteiger charge is 2.42. The Labute approximate surface area is 231 Å². The van der Waals surface area contributed by atoms with Crippen molar-refractivity contribution < 1.29 is 37.0 Å². The van der Waals surface area contributed by atoms with Crippen LogP contribution in [0, 0.1) is 0 Å². The summed E-state index contributed by atoms with van der Waals surface area (Å²) in [6.45, 7) is 1.75. The van der Waals surface area contributed by atoms with Crippen LogP contribution < -0.4 is 14.8 Å². The van der Waals surface area contributed by atoms with Gasteiger partial charge in [-0.25, -0.2) is 4.79 Å². The monoisotopic (exact) mass is 555 g/mol. The van der Waals surface area contributed by atoms with Crippen LogP contribution in [0.1, 0.15) is 74.0 Å². The molecule has 0 radical (unpaired) electrons. The molecule has 212 valence electrons. The Balaban J connectivity index is 1.54. The summed E-state index contributed by atoms with van der Waals surface area (Å²) in [6.07, 6.45) is -0.544. The molecule has 0 saturated heterocycles. The van der Waals surface area contributed by atoms with Gasteiger partial charge in [0.2, 0.25) is 0 Å². The number of alkyl halides is 3. The van der Waals surface area contributed by atoms with Gasteiger partial charge in [-0.05, 0) is 80.3 Å². The summed E-state index contributed by atoms with van der Waals surface area (Å²) in [5.74, 6) is -0.562. The van der Waals surface area contributed by atoms with E-state index in [9.17, 15) is 22.8 Å². The van der Waals surface area contributed by atoms with E-state index in [0.717, 1.165) is 43.4 Å². The number of halogens is 3. The number of dihydropyridines is 1. The lowest BCUT2D eigenvalue weighted by molar-refractivity contribution is -0.144. The molecule has 2 aromatic rings. The zero-order valence-corrected chi connectivity index (χ0v) is 22.7. The van der Waals surface area contributed by atoms with Crippen LogP contribution >= 0.6 is 0 Å². The van der Waals surface area contributed by atoms with Gasteiger partial charge in [0.15, 0.2) is 17.3 Å². The molecule has 2 aliphatic carbocycles. The highest BCUT2D eigenvalue weighted by atomic mass is 19.4. The van der Waals surface area contributed by atoms with Crippen LogP contribution in [-0.2, 0) is 20.5 Å². The second-order valence-electron chi connectivity index (χ2n) is 10.6. The molecule has 3 aliphatic rings. The third-order valence-corrected chi connectivity index (χ3v) is 8.07. The van der Waals surface area contributed by atoms with E-state index in [0.29, 0.717) is 40.5 Å². The number of allylic oxidation sites excluding steroid dienone is 3. The van der Waals surface area contributed by atoms with Gasteiger partial charge in [0.05, 0.1) is 25.4 Å². The highest BCUT2D eigenvalue weighted by Crippen LogP contribution is 2.47. The maximum atomic E-state index is 13.8. The zero-order valence-electron chi connectivity index (χ0n) is 22.7. The van der Waals surface area contributed by atoms with Gasteiger partial charge in [-0.2, -0.15) is 13.2 Å². The van der Waals surface area contributed by atoms with E-state index in [1.807, 2.05) is 12.1 Å². The van der Waals surface area contributed by atoms with Crippen molar-refractivity contribution in [3.8, 4) is 11.5 Å². The van der Waals surface area contributed by atoms with Crippen molar-refractivity contribution in [3.63, 3.8) is 0 Å². The average Bonchev–Trinajstić information content (AvgIpc) is 3.44. The maximum Gasteiger partial charge on any atom is 0.416 e. The molecule has 0 spiro atoms. The number of methoxy groups -OCH3 is 2. The molecule has 2 aromatic carbocycles. The van der Waals surface area contributed by atoms with Crippen LogP contribution in [0.2, 0.25) is 0 Å². The van der Waals surface area contributed by atoms with E-state index in [2.05, 4.69) is 5.32 Å². The van der Waals surface area contributed by atoms with Gasteiger partial charge in [-0.1, -0.05) is 18.2 Å². The smallest absolute Gasteiger partial charge is 0.416 e. The topological polar surface area (TPSA) is 73.9 Å². The molecule has 0 amide bonds. The summed E-state index contributed by atoms with van der Waals surface area (Å²) in [7, 11) is 3.10. The second-order valence-corrected chi connectivity index (χ2v) is 10.6. The first-order chi connectivity index (χ1) is 19.1. The highest BCUT2D eigenvalue weighted by molar-refractivity contribution is 6.04. The summed E-state index contributed by atoms with van der Waals surface area (Å²) in [5.41, 5.74) is 2.42. The Hall–Kier alpha value is -3.75. The predicted molar refractivity (Wildman–Crippen MR) is 142 cm³/mol. The van der Waals surface area contributed by atoms with Crippen LogP contribution in [0.3, 0.4) is 0 Å². The quantitative estimate of drug-likeness (QED) is 0.407. The molecule has 2 atom stereocenters. The van der Waals surface area contributed by atoms with Gasteiger partial charge in [-0.3, -0.25) is 4.79 Å². The number of ether oxygens (including phenoxy) is 3. The number of benzene rings is 2. The lowest BCUT2D eigenvalue weighted by Gasteiger charge is -2.37. The van der Waals surface area contributed by atoms with Crippen molar-refractivity contribution in [2.75, 3.05) is 14.2 Å². The normalized spacial score (nSPS) is 21.7. The standard InChI is InChI=1S/C31H32F3NO5/c1-17-27(30(37)40-22-6-4-5-7-22)28(18-8-11-21(12-9-18)31(32,33)34)29-23(35-17)14-20(15-24(29)36)19-10-13-25(38-2)26(16-19)39-3/h8-13,16,20,22,28,35H,4-7,14-15H2,1-3H3/t20-,28+/m1/s1. The van der Waals surface area contributed by atoms with Crippen LogP contribution in [0.4, 0.5) is 13.2 Å². The summed E-state index contributed by atoms with van der Waals surface area (Å²) in [4.78, 5) is 27.3. The molecule has 0 unspecified atom stereocenters. The van der Waals surface area contributed by atoms with Crippen LogP contribution in [0.5, 0.6) is 11.5 Å². The number of rotatable bonds is 6. The number of nitrogens with one attached hydrogen (secondary N) is 1. The average molecular weight is 556 g/mol. The second kappa shape index (κ2) is 11.0. The molecule has 6 nitrogen and oxygen atoms in total. The van der Waals surface area contributed by atoms with E-state index in [4.69, 9.17) is 14.2 Å². The van der Waals surface area contributed by atoms with E-state index >= 15 is 0 Å². The van der Waals surface area contributed by atoms with Gasteiger partial charge < -0.3 is 19.5 Å². The minimum absolute atomic E-state index is 0.161. The molecule has 1 aliphatic heterocycles. The lowest BCUT2D eigenvalue weighted by atomic mass is 9.71. The molecule has 40 heavy (non-hydrogen) atoms. The fourth-order valence-electron chi connectivity index (χ4n) is 6.07. The number of Topliss-reactive ketones (excluding diaryl/α,β-unsaturated/α-hetero) is 1. The Morgan fingerprint density at radius 2 is 1.57 bits per heavy atom. The van der Waals surface area contributed by atoms with Crippen molar-refractivity contribution in [3.05, 3.63) is 81.7 Å². The maximum absolute atomic E-state index is 13.8. The number of esters is 1. The van der Waals surface area contributed by atoms with E-state index in [1.165, 1.54) is 12.1 Å². The molecule has 5 rings (SSSR count). The summed E-state index contributed by atoms with van der Waals surface area (Å²) in [6, 6.07) is 10.2. The molecule has 1 heterocycles. The SMILES string of the molecule is COc1ccc([C@H]2CC(=O)C3=C(C2)NC(C)=C(C(=O)OC2CCCC2)[C@@H]3c2ccc(C(F)(F)F)cc2)cc1OC. The number of ketones is 1. The Bertz CT molecular complexity index is 1370. The van der Waals surface area contributed by atoms with Crippen molar-refractivity contribution >= 4 is 11.8 Å².